The van der Waals surface area contributed by atoms with Gasteiger partial charge in [0.15, 0.2) is 0 Å². The van der Waals surface area contributed by atoms with Crippen molar-refractivity contribution in [2.75, 3.05) is 45.7 Å². The van der Waals surface area contributed by atoms with Crippen molar-refractivity contribution in [3.63, 3.8) is 0 Å². The second kappa shape index (κ2) is 7.65. The van der Waals surface area contributed by atoms with Crippen molar-refractivity contribution in [3.05, 3.63) is 0 Å². The topological polar surface area (TPSA) is 72.4 Å². The van der Waals surface area contributed by atoms with Gasteiger partial charge in [-0.2, -0.15) is 9.97 Å². The lowest BCUT2D eigenvalue weighted by molar-refractivity contribution is 0.237. The molecular weight excluding hydrogens is 234 g/mol. The quantitative estimate of drug-likeness (QED) is 0.730. The molecule has 0 bridgehead atoms. The van der Waals surface area contributed by atoms with Gasteiger partial charge >= 0.3 is 12.0 Å². The highest BCUT2D eigenvalue weighted by Crippen LogP contribution is 2.12. The molecule has 18 heavy (non-hydrogen) atoms. The minimum absolute atomic E-state index is 0.281. The van der Waals surface area contributed by atoms with Crippen molar-refractivity contribution in [1.29, 1.82) is 0 Å². The fraction of sp³-hybridized carbons (Fsp3) is 0.727. The van der Waals surface area contributed by atoms with Crippen LogP contribution in [-0.2, 0) is 0 Å². The maximum absolute atomic E-state index is 5.47. The van der Waals surface area contributed by atoms with Gasteiger partial charge in [-0.25, -0.2) is 0 Å². The van der Waals surface area contributed by atoms with Crippen molar-refractivity contribution in [2.24, 2.45) is 0 Å². The van der Waals surface area contributed by atoms with E-state index in [0.717, 1.165) is 13.1 Å². The normalized spacial score (nSPS) is 10.5. The van der Waals surface area contributed by atoms with Crippen LogP contribution in [0.25, 0.3) is 0 Å². The molecule has 0 spiro atoms. The molecule has 7 heteroatoms. The fourth-order valence-corrected chi connectivity index (χ4v) is 1.15. The Morgan fingerprint density at radius 3 is 2.28 bits per heavy atom. The minimum Gasteiger partial charge on any atom is -0.464 e. The first-order chi connectivity index (χ1) is 8.65. The number of hydrogen-bond donors (Lipinski definition) is 1. The van der Waals surface area contributed by atoms with Crippen LogP contribution in [0.1, 0.15) is 13.8 Å². The van der Waals surface area contributed by atoms with Crippen LogP contribution in [0.15, 0.2) is 0 Å². The zero-order valence-corrected chi connectivity index (χ0v) is 11.4. The van der Waals surface area contributed by atoms with Gasteiger partial charge in [0.25, 0.3) is 0 Å². The van der Waals surface area contributed by atoms with Gasteiger partial charge in [-0.15, -0.1) is 4.98 Å². The Morgan fingerprint density at radius 2 is 1.72 bits per heavy atom. The highest BCUT2D eigenvalue weighted by molar-refractivity contribution is 5.27. The van der Waals surface area contributed by atoms with E-state index in [1.165, 1.54) is 0 Å². The van der Waals surface area contributed by atoms with Crippen LogP contribution in [0.4, 0.5) is 5.95 Å². The first-order valence-corrected chi connectivity index (χ1v) is 6.06. The number of nitrogens with one attached hydrogen (secondary N) is 1. The molecule has 0 aliphatic carbocycles. The van der Waals surface area contributed by atoms with Crippen LogP contribution in [0.3, 0.4) is 0 Å². The Balaban J connectivity index is 2.69. The number of ether oxygens (including phenoxy) is 2. The largest absolute Gasteiger partial charge is 0.464 e. The molecule has 1 aromatic heterocycles. The molecule has 0 fully saturated rings. The molecule has 1 N–H and O–H groups in total. The minimum atomic E-state index is 0.281. The summed E-state index contributed by atoms with van der Waals surface area (Å²) in [4.78, 5) is 14.4. The standard InChI is InChI=1S/C11H21N5O2/c1-5-12-9-13-10(17-6-2)15-11(14-9)18-8-7-16(3)4/h5-8H2,1-4H3,(H,12,13,14,15). The van der Waals surface area contributed by atoms with E-state index in [1.54, 1.807) is 0 Å². The van der Waals surface area contributed by atoms with Crippen molar-refractivity contribution < 1.29 is 9.47 Å². The lowest BCUT2D eigenvalue weighted by Crippen LogP contribution is -2.20. The number of likely N-dealkylation sites (N-methyl/N-ethyl adjacent to an activating group) is 1. The first-order valence-electron chi connectivity index (χ1n) is 6.06. The molecule has 0 amide bonds. The third-order valence-electron chi connectivity index (χ3n) is 1.97. The van der Waals surface area contributed by atoms with E-state index in [2.05, 4.69) is 20.3 Å². The Hall–Kier alpha value is -1.63. The van der Waals surface area contributed by atoms with Crippen LogP contribution in [-0.4, -0.2) is 60.3 Å². The SMILES string of the molecule is CCNc1nc(OCC)nc(OCCN(C)C)n1. The third kappa shape index (κ3) is 5.13. The van der Waals surface area contributed by atoms with E-state index >= 15 is 0 Å². The Bertz CT molecular complexity index is 335. The van der Waals surface area contributed by atoms with Crippen LogP contribution in [0.5, 0.6) is 12.0 Å². The summed E-state index contributed by atoms with van der Waals surface area (Å²) >= 11 is 0. The van der Waals surface area contributed by atoms with Gasteiger partial charge in [-0.05, 0) is 27.9 Å². The van der Waals surface area contributed by atoms with Crippen molar-refractivity contribution >= 4 is 5.95 Å². The molecule has 0 saturated heterocycles. The molecule has 0 atom stereocenters. The maximum atomic E-state index is 5.47. The van der Waals surface area contributed by atoms with Gasteiger partial charge in [-0.1, -0.05) is 0 Å². The Morgan fingerprint density at radius 1 is 1.06 bits per heavy atom. The smallest absolute Gasteiger partial charge is 0.324 e. The summed E-state index contributed by atoms with van der Waals surface area (Å²) in [5.74, 6) is 0.468. The summed E-state index contributed by atoms with van der Waals surface area (Å²) in [6, 6.07) is 0.564. The molecule has 1 heterocycles. The van der Waals surface area contributed by atoms with E-state index in [4.69, 9.17) is 9.47 Å². The zero-order valence-electron chi connectivity index (χ0n) is 11.4. The molecule has 0 radical (unpaired) electrons. The van der Waals surface area contributed by atoms with Gasteiger partial charge in [-0.3, -0.25) is 0 Å². The van der Waals surface area contributed by atoms with Crippen LogP contribution in [0, 0.1) is 0 Å². The molecular formula is C11H21N5O2. The number of anilines is 1. The predicted molar refractivity (Wildman–Crippen MR) is 69.2 cm³/mol. The van der Waals surface area contributed by atoms with Crippen LogP contribution in [0.2, 0.25) is 0 Å². The van der Waals surface area contributed by atoms with Crippen LogP contribution < -0.4 is 14.8 Å². The summed E-state index contributed by atoms with van der Waals surface area (Å²) in [5.41, 5.74) is 0. The second-order valence-electron chi connectivity index (χ2n) is 3.84. The molecule has 0 unspecified atom stereocenters. The van der Waals surface area contributed by atoms with Crippen LogP contribution >= 0.6 is 0 Å². The van der Waals surface area contributed by atoms with Gasteiger partial charge in [0.05, 0.1) is 6.61 Å². The Labute approximate surface area is 108 Å². The zero-order chi connectivity index (χ0) is 13.4. The maximum Gasteiger partial charge on any atom is 0.324 e. The van der Waals surface area contributed by atoms with Crippen molar-refractivity contribution in [2.45, 2.75) is 13.8 Å². The summed E-state index contributed by atoms with van der Waals surface area (Å²) < 4.78 is 10.7. The Kier molecular flexibility index (Phi) is 6.13. The molecule has 0 saturated carbocycles. The summed E-state index contributed by atoms with van der Waals surface area (Å²) in [7, 11) is 3.96. The third-order valence-corrected chi connectivity index (χ3v) is 1.97. The predicted octanol–water partition coefficient (Wildman–Crippen LogP) is 0.642. The van der Waals surface area contributed by atoms with E-state index in [9.17, 15) is 0 Å². The van der Waals surface area contributed by atoms with Gasteiger partial charge in [0, 0.05) is 13.1 Å². The van der Waals surface area contributed by atoms with E-state index in [1.807, 2.05) is 32.8 Å². The molecule has 1 aromatic rings. The van der Waals surface area contributed by atoms with Gasteiger partial charge < -0.3 is 19.7 Å². The van der Waals surface area contributed by atoms with E-state index in [0.29, 0.717) is 19.2 Å². The highest BCUT2D eigenvalue weighted by atomic mass is 16.5. The number of nitrogens with zero attached hydrogens (tertiary/aromatic N) is 4. The van der Waals surface area contributed by atoms with Crippen molar-refractivity contribution in [1.82, 2.24) is 19.9 Å². The van der Waals surface area contributed by atoms with E-state index < -0.39 is 0 Å². The van der Waals surface area contributed by atoms with Crippen molar-refractivity contribution in [3.8, 4) is 12.0 Å². The average Bonchev–Trinajstić information content (AvgIpc) is 2.29. The lowest BCUT2D eigenvalue weighted by atomic mass is 10.6. The lowest BCUT2D eigenvalue weighted by Gasteiger charge is -2.11. The monoisotopic (exact) mass is 255 g/mol. The van der Waals surface area contributed by atoms with Gasteiger partial charge in [0.2, 0.25) is 5.95 Å². The second-order valence-corrected chi connectivity index (χ2v) is 3.84. The first kappa shape index (κ1) is 14.4. The summed E-state index contributed by atoms with van der Waals surface area (Å²) in [6.07, 6.45) is 0. The number of aromatic nitrogens is 3. The summed E-state index contributed by atoms with van der Waals surface area (Å²) in [5, 5.41) is 3.01. The highest BCUT2D eigenvalue weighted by Gasteiger charge is 2.07. The molecule has 0 aromatic carbocycles. The molecule has 102 valence electrons. The molecule has 7 nitrogen and oxygen atoms in total. The molecule has 0 aliphatic rings. The fourth-order valence-electron chi connectivity index (χ4n) is 1.15. The molecule has 0 aliphatic heterocycles. The molecule has 1 rings (SSSR count). The average molecular weight is 255 g/mol. The van der Waals surface area contributed by atoms with Gasteiger partial charge in [0.1, 0.15) is 6.61 Å². The summed E-state index contributed by atoms with van der Waals surface area (Å²) in [6.45, 7) is 6.40. The number of rotatable bonds is 8. The number of hydrogen-bond acceptors (Lipinski definition) is 7. The van der Waals surface area contributed by atoms with E-state index in [-0.39, 0.29) is 12.0 Å².